The van der Waals surface area contributed by atoms with Crippen LogP contribution in [0.3, 0.4) is 0 Å². The van der Waals surface area contributed by atoms with Crippen molar-refractivity contribution in [2.24, 2.45) is 0 Å². The van der Waals surface area contributed by atoms with Gasteiger partial charge in [0.05, 0.1) is 21.8 Å². The summed E-state index contributed by atoms with van der Waals surface area (Å²) >= 11 is 1.95. The molecule has 102 valence electrons. The van der Waals surface area contributed by atoms with E-state index in [4.69, 9.17) is 0 Å². The van der Waals surface area contributed by atoms with Crippen molar-refractivity contribution < 1.29 is 0 Å². The van der Waals surface area contributed by atoms with E-state index in [1.165, 1.54) is 33.1 Å². The maximum atomic E-state index is 3.68. The zero-order valence-electron chi connectivity index (χ0n) is 11.3. The highest BCUT2D eigenvalue weighted by Crippen LogP contribution is 2.47. The fourth-order valence-electron chi connectivity index (χ4n) is 3.31. The fraction of sp³-hybridized carbons (Fsp3) is 0.111. The molecule has 0 fully saturated rings. The van der Waals surface area contributed by atoms with Crippen molar-refractivity contribution in [2.75, 3.05) is 5.32 Å². The topological polar surface area (TPSA) is 27.8 Å². The van der Waals surface area contributed by atoms with Crippen molar-refractivity contribution in [1.29, 1.82) is 0 Å². The van der Waals surface area contributed by atoms with Crippen molar-refractivity contribution in [3.8, 4) is 0 Å². The number of thioether (sulfide) groups is 1. The van der Waals surface area contributed by atoms with Gasteiger partial charge in [-0.25, -0.2) is 0 Å². The first-order valence-corrected chi connectivity index (χ1v) is 8.15. The van der Waals surface area contributed by atoms with Crippen LogP contribution in [-0.4, -0.2) is 10.4 Å². The molecule has 1 aromatic heterocycles. The predicted molar refractivity (Wildman–Crippen MR) is 91.8 cm³/mol. The van der Waals surface area contributed by atoms with Crippen molar-refractivity contribution in [1.82, 2.24) is 4.98 Å². The van der Waals surface area contributed by atoms with Gasteiger partial charge in [0.1, 0.15) is 0 Å². The van der Waals surface area contributed by atoms with Crippen LogP contribution < -0.4 is 5.32 Å². The summed E-state index contributed by atoms with van der Waals surface area (Å²) in [5.74, 6) is 0. The fourth-order valence-corrected chi connectivity index (χ4v) is 4.52. The van der Waals surface area contributed by atoms with Gasteiger partial charge in [-0.15, -0.1) is 11.8 Å². The molecule has 2 nitrogen and oxygen atoms in total. The zero-order valence-corrected chi connectivity index (χ0v) is 12.2. The van der Waals surface area contributed by atoms with E-state index < -0.39 is 0 Å². The van der Waals surface area contributed by atoms with Crippen LogP contribution in [-0.2, 0) is 0 Å². The standard InChI is InChI=1S/C18H14N2S/c1-2-6-14-11(5-1)12-9-10-13-15-7-3-4-8-16(21-15)20-18(13)17(12)19-14/h1-10,15-16,19-20H. The second kappa shape index (κ2) is 4.18. The first kappa shape index (κ1) is 11.5. The summed E-state index contributed by atoms with van der Waals surface area (Å²) in [4.78, 5) is 3.60. The normalized spacial score (nSPS) is 23.0. The second-order valence-electron chi connectivity index (χ2n) is 5.51. The molecule has 2 unspecified atom stereocenters. The lowest BCUT2D eigenvalue weighted by Gasteiger charge is -2.29. The van der Waals surface area contributed by atoms with Gasteiger partial charge in [0.25, 0.3) is 0 Å². The molecule has 2 aliphatic rings. The number of aromatic nitrogens is 1. The molecule has 2 atom stereocenters. The largest absolute Gasteiger partial charge is 0.368 e. The van der Waals surface area contributed by atoms with E-state index in [1.807, 2.05) is 11.8 Å². The molecule has 0 amide bonds. The summed E-state index contributed by atoms with van der Waals surface area (Å²) in [5.41, 5.74) is 5.06. The van der Waals surface area contributed by atoms with Gasteiger partial charge in [0.15, 0.2) is 0 Å². The number of allylic oxidation sites excluding steroid dienone is 2. The van der Waals surface area contributed by atoms with Crippen LogP contribution in [0.25, 0.3) is 21.8 Å². The molecule has 0 radical (unpaired) electrons. The number of hydrogen-bond acceptors (Lipinski definition) is 2. The Hall–Kier alpha value is -2.13. The van der Waals surface area contributed by atoms with Crippen molar-refractivity contribution in [2.45, 2.75) is 10.6 Å². The summed E-state index contributed by atoms with van der Waals surface area (Å²) in [5, 5.41) is 7.04. The quantitative estimate of drug-likeness (QED) is 0.611. The van der Waals surface area contributed by atoms with Crippen LogP contribution in [0.4, 0.5) is 5.69 Å². The lowest BCUT2D eigenvalue weighted by atomic mass is 10.0. The molecule has 2 aromatic carbocycles. The first-order chi connectivity index (χ1) is 10.4. The number of aromatic amines is 1. The molecule has 5 rings (SSSR count). The van der Waals surface area contributed by atoms with Gasteiger partial charge in [-0.05, 0) is 11.6 Å². The smallest absolute Gasteiger partial charge is 0.0922 e. The molecule has 2 bridgehead atoms. The Kier molecular flexibility index (Phi) is 2.29. The molecule has 2 N–H and O–H groups in total. The predicted octanol–water partition coefficient (Wildman–Crippen LogP) is 4.97. The van der Waals surface area contributed by atoms with E-state index in [2.05, 4.69) is 71.0 Å². The Balaban J connectivity index is 1.85. The van der Waals surface area contributed by atoms with Crippen LogP contribution in [0.15, 0.2) is 60.7 Å². The van der Waals surface area contributed by atoms with Gasteiger partial charge >= 0.3 is 0 Å². The van der Waals surface area contributed by atoms with E-state index >= 15 is 0 Å². The van der Waals surface area contributed by atoms with Crippen molar-refractivity contribution >= 4 is 39.3 Å². The maximum Gasteiger partial charge on any atom is 0.0922 e. The molecule has 0 saturated carbocycles. The third-order valence-electron chi connectivity index (χ3n) is 4.28. The molecule has 0 aliphatic carbocycles. The van der Waals surface area contributed by atoms with Crippen LogP contribution in [0, 0.1) is 0 Å². The van der Waals surface area contributed by atoms with E-state index in [0.717, 1.165) is 0 Å². The number of H-pyrrole nitrogens is 1. The van der Waals surface area contributed by atoms with Crippen molar-refractivity contribution in [3.63, 3.8) is 0 Å². The Morgan fingerprint density at radius 3 is 2.81 bits per heavy atom. The average Bonchev–Trinajstić information content (AvgIpc) is 2.79. The van der Waals surface area contributed by atoms with Gasteiger partial charge in [-0.1, -0.05) is 54.6 Å². The Bertz CT molecular complexity index is 920. The van der Waals surface area contributed by atoms with Crippen molar-refractivity contribution in [3.05, 3.63) is 66.3 Å². The first-order valence-electron chi connectivity index (χ1n) is 7.20. The summed E-state index contributed by atoms with van der Waals surface area (Å²) in [6, 6.07) is 13.0. The average molecular weight is 290 g/mol. The third-order valence-corrected chi connectivity index (χ3v) is 5.56. The zero-order chi connectivity index (χ0) is 13.8. The minimum atomic E-state index is 0.342. The third kappa shape index (κ3) is 1.61. The van der Waals surface area contributed by atoms with Crippen LogP contribution in [0.1, 0.15) is 10.8 Å². The minimum Gasteiger partial charge on any atom is -0.368 e. The van der Waals surface area contributed by atoms with Crippen LogP contribution >= 0.6 is 11.8 Å². The van der Waals surface area contributed by atoms with E-state index in [1.54, 1.807) is 0 Å². The number of benzene rings is 2. The highest BCUT2D eigenvalue weighted by Gasteiger charge is 2.27. The summed E-state index contributed by atoms with van der Waals surface area (Å²) in [6.45, 7) is 0. The Labute approximate surface area is 126 Å². The number of hydrogen-bond donors (Lipinski definition) is 2. The SMILES string of the molecule is C1=CC2Nc3c(ccc4c3[nH]c3ccccc34)C(C=C1)S2. The van der Waals surface area contributed by atoms with E-state index in [0.29, 0.717) is 10.6 Å². The molecular formula is C18H14N2S. The highest BCUT2D eigenvalue weighted by atomic mass is 32.2. The number of nitrogens with one attached hydrogen (secondary N) is 2. The monoisotopic (exact) mass is 290 g/mol. The highest BCUT2D eigenvalue weighted by molar-refractivity contribution is 8.00. The summed E-state index contributed by atoms with van der Waals surface area (Å²) in [6.07, 6.45) is 8.81. The lowest BCUT2D eigenvalue weighted by molar-refractivity contribution is 1.13. The van der Waals surface area contributed by atoms with Crippen LogP contribution in [0.2, 0.25) is 0 Å². The van der Waals surface area contributed by atoms with Gasteiger partial charge in [0, 0.05) is 16.3 Å². The summed E-state index contributed by atoms with van der Waals surface area (Å²) < 4.78 is 0. The van der Waals surface area contributed by atoms with E-state index in [9.17, 15) is 0 Å². The number of anilines is 1. The van der Waals surface area contributed by atoms with Gasteiger partial charge in [0.2, 0.25) is 0 Å². The Morgan fingerprint density at radius 1 is 0.905 bits per heavy atom. The number of rotatable bonds is 0. The van der Waals surface area contributed by atoms with E-state index in [-0.39, 0.29) is 0 Å². The minimum absolute atomic E-state index is 0.342. The molecule has 2 aliphatic heterocycles. The molecular weight excluding hydrogens is 276 g/mol. The molecule has 0 spiro atoms. The van der Waals surface area contributed by atoms with Gasteiger partial charge in [-0.2, -0.15) is 0 Å². The molecule has 3 heteroatoms. The molecule has 3 heterocycles. The molecule has 21 heavy (non-hydrogen) atoms. The lowest BCUT2D eigenvalue weighted by Crippen LogP contribution is -2.20. The number of fused-ring (bicyclic) bond motifs is 8. The van der Waals surface area contributed by atoms with Gasteiger partial charge in [-0.3, -0.25) is 0 Å². The number of para-hydroxylation sites is 1. The van der Waals surface area contributed by atoms with Gasteiger partial charge < -0.3 is 10.3 Å². The maximum absolute atomic E-state index is 3.68. The molecule has 0 saturated heterocycles. The summed E-state index contributed by atoms with van der Waals surface area (Å²) in [7, 11) is 0. The van der Waals surface area contributed by atoms with Crippen LogP contribution in [0.5, 0.6) is 0 Å². The Morgan fingerprint density at radius 2 is 1.81 bits per heavy atom. The second-order valence-corrected chi connectivity index (χ2v) is 6.80. The molecule has 3 aromatic rings.